The van der Waals surface area contributed by atoms with Gasteiger partial charge in [0.1, 0.15) is 0 Å². The topological polar surface area (TPSA) is 0 Å². The van der Waals surface area contributed by atoms with Gasteiger partial charge in [-0.25, -0.2) is 0 Å². The largest absolute Gasteiger partial charge is 0.269 e. The van der Waals surface area contributed by atoms with Crippen LogP contribution in [0.1, 0.15) is 25.3 Å². The van der Waals surface area contributed by atoms with Crippen molar-refractivity contribution < 1.29 is 40.3 Å². The van der Waals surface area contributed by atoms with Crippen LogP contribution in [-0.4, -0.2) is 0 Å². The molecule has 0 aliphatic rings. The van der Waals surface area contributed by atoms with Crippen molar-refractivity contribution in [2.75, 3.05) is 0 Å². The Hall–Kier alpha value is -0.497. The van der Waals surface area contributed by atoms with Crippen molar-refractivity contribution in [1.29, 1.82) is 0 Å². The summed E-state index contributed by atoms with van der Waals surface area (Å²) in [6.07, 6.45) is 3.80. The molecule has 0 saturated carbocycles. The van der Waals surface area contributed by atoms with Crippen molar-refractivity contribution in [2.45, 2.75) is 26.2 Å². The molecule has 96 valence electrons. The molecule has 0 N–H and O–H groups in total. The summed E-state index contributed by atoms with van der Waals surface area (Å²) in [6.45, 7) is 2.24. The third-order valence-corrected chi connectivity index (χ3v) is 2.57. The van der Waals surface area contributed by atoms with E-state index in [1.165, 1.54) is 35.6 Å². The van der Waals surface area contributed by atoms with Gasteiger partial charge in [0.15, 0.2) is 0 Å². The number of benzene rings is 1. The maximum absolute atomic E-state index is 2.26. The molecule has 0 aromatic heterocycles. The van der Waals surface area contributed by atoms with Crippen LogP contribution in [0.15, 0.2) is 36.4 Å². The average molecular weight is 323 g/mol. The number of hydrogen-bond acceptors (Lipinski definition) is 0. The van der Waals surface area contributed by atoms with E-state index in [9.17, 15) is 0 Å². The molecular weight excluding hydrogens is 304 g/mol. The van der Waals surface area contributed by atoms with Crippen LogP contribution in [0.5, 0.6) is 0 Å². The molecule has 2 aromatic rings. The number of halogens is 3. The van der Waals surface area contributed by atoms with Crippen LogP contribution in [-0.2, 0) is 32.6 Å². The van der Waals surface area contributed by atoms with E-state index in [1.54, 1.807) is 0 Å². The van der Waals surface area contributed by atoms with E-state index in [4.69, 9.17) is 0 Å². The monoisotopic (exact) mass is 321 g/mol. The van der Waals surface area contributed by atoms with E-state index in [0.717, 1.165) is 0 Å². The van der Waals surface area contributed by atoms with E-state index in [0.29, 0.717) is 0 Å². The van der Waals surface area contributed by atoms with Gasteiger partial charge in [-0.15, -0.1) is 40.6 Å². The van der Waals surface area contributed by atoms with Crippen LogP contribution in [0, 0.1) is 0 Å². The van der Waals surface area contributed by atoms with Crippen LogP contribution in [0.3, 0.4) is 0 Å². The predicted molar refractivity (Wildman–Crippen MR) is 65.7 cm³/mol. The smallest absolute Gasteiger partial charge is 0 e. The van der Waals surface area contributed by atoms with Gasteiger partial charge in [0.25, 0.3) is 0 Å². The van der Waals surface area contributed by atoms with Gasteiger partial charge in [-0.05, 0) is 0 Å². The van der Waals surface area contributed by atoms with Crippen molar-refractivity contribution in [3.05, 3.63) is 42.0 Å². The predicted octanol–water partition coefficient (Wildman–Crippen LogP) is 4.36. The number of unbranched alkanes of at least 4 members (excludes halogenated alkanes) is 1. The third-order valence-electron chi connectivity index (χ3n) is 2.57. The normalized spacial score (nSPS) is 8.29. The van der Waals surface area contributed by atoms with Crippen molar-refractivity contribution in [2.24, 2.45) is 0 Å². The van der Waals surface area contributed by atoms with Crippen molar-refractivity contribution in [1.82, 2.24) is 0 Å². The molecule has 4 heteroatoms. The van der Waals surface area contributed by atoms with Crippen LogP contribution in [0.25, 0.3) is 10.8 Å². The van der Waals surface area contributed by atoms with Gasteiger partial charge < -0.3 is 0 Å². The van der Waals surface area contributed by atoms with E-state index < -0.39 is 0 Å². The Balaban J connectivity index is -0.000000490. The maximum atomic E-state index is 2.26. The first-order valence-electron chi connectivity index (χ1n) is 5.05. The second kappa shape index (κ2) is 10.6. The van der Waals surface area contributed by atoms with Crippen molar-refractivity contribution in [3.63, 3.8) is 0 Å². The molecule has 0 radical (unpaired) electrons. The molecule has 0 bridgehead atoms. The van der Waals surface area contributed by atoms with Gasteiger partial charge in [0.05, 0.1) is 0 Å². The minimum atomic E-state index is 0. The summed E-state index contributed by atoms with van der Waals surface area (Å²) < 4.78 is 0. The molecular formula is C13H18F3Zr-. The van der Waals surface area contributed by atoms with Crippen LogP contribution in [0.2, 0.25) is 0 Å². The fourth-order valence-electron chi connectivity index (χ4n) is 1.80. The number of rotatable bonds is 3. The van der Waals surface area contributed by atoms with Gasteiger partial charge in [0.2, 0.25) is 0 Å². The molecule has 0 fully saturated rings. The number of fused-ring (bicyclic) bond motifs is 1. The molecule has 0 aliphatic carbocycles. The van der Waals surface area contributed by atoms with Gasteiger partial charge in [-0.3, -0.25) is 14.1 Å². The first-order valence-corrected chi connectivity index (χ1v) is 5.05. The standard InChI is InChI=1S/C13H15.3FH.Zr/c1-2-3-6-11-9-10-12-7-4-5-8-13(11)12;;;;/h4-5,7-10H,2-3,6H2,1H3;3*1H;/q-1;;;;. The Kier molecular flexibility index (Phi) is 13.6. The Labute approximate surface area is 119 Å². The summed E-state index contributed by atoms with van der Waals surface area (Å²) in [6, 6.07) is 13.1. The molecule has 0 nitrogen and oxygen atoms in total. The zero-order valence-electron chi connectivity index (χ0n) is 9.81. The molecule has 0 unspecified atom stereocenters. The van der Waals surface area contributed by atoms with E-state index >= 15 is 0 Å². The molecule has 0 amide bonds. The zero-order chi connectivity index (χ0) is 9.10. The Morgan fingerprint density at radius 3 is 2.29 bits per heavy atom. The molecule has 0 atom stereocenters. The van der Waals surface area contributed by atoms with Gasteiger partial charge in [0, 0.05) is 26.2 Å². The molecule has 0 saturated heterocycles. The Bertz CT molecular complexity index is 398. The molecule has 2 rings (SSSR count). The Morgan fingerprint density at radius 1 is 1.00 bits per heavy atom. The molecule has 17 heavy (non-hydrogen) atoms. The first kappa shape index (κ1) is 21.8. The maximum Gasteiger partial charge on any atom is 0 e. The first-order chi connectivity index (χ1) is 6.42. The number of hydrogen-bond donors (Lipinski definition) is 0. The van der Waals surface area contributed by atoms with Gasteiger partial charge >= 0.3 is 0 Å². The van der Waals surface area contributed by atoms with Gasteiger partial charge in [-0.2, -0.15) is 6.07 Å². The summed E-state index contributed by atoms with van der Waals surface area (Å²) >= 11 is 0. The van der Waals surface area contributed by atoms with E-state index in [-0.39, 0.29) is 40.3 Å². The molecule has 0 heterocycles. The molecule has 0 spiro atoms. The van der Waals surface area contributed by atoms with Crippen molar-refractivity contribution >= 4 is 10.8 Å². The minimum Gasteiger partial charge on any atom is -0.269 e. The number of aryl methyl sites for hydroxylation is 1. The van der Waals surface area contributed by atoms with Crippen LogP contribution < -0.4 is 0 Å². The Morgan fingerprint density at radius 2 is 1.65 bits per heavy atom. The minimum absolute atomic E-state index is 0. The average Bonchev–Trinajstić information content (AvgIpc) is 2.58. The van der Waals surface area contributed by atoms with E-state index in [2.05, 4.69) is 43.3 Å². The van der Waals surface area contributed by atoms with Gasteiger partial charge in [-0.1, -0.05) is 32.3 Å². The fraction of sp³-hybridized carbons (Fsp3) is 0.308. The summed E-state index contributed by atoms with van der Waals surface area (Å²) in [4.78, 5) is 0. The molecule has 0 aliphatic heterocycles. The van der Waals surface area contributed by atoms with E-state index in [1.807, 2.05) is 0 Å². The van der Waals surface area contributed by atoms with Crippen LogP contribution in [0.4, 0.5) is 14.1 Å². The van der Waals surface area contributed by atoms with Crippen molar-refractivity contribution in [3.8, 4) is 0 Å². The quantitative estimate of drug-likeness (QED) is 0.737. The summed E-state index contributed by atoms with van der Waals surface area (Å²) in [5.41, 5.74) is 1.51. The summed E-state index contributed by atoms with van der Waals surface area (Å²) in [7, 11) is 0. The second-order valence-corrected chi connectivity index (χ2v) is 3.55. The fourth-order valence-corrected chi connectivity index (χ4v) is 1.80. The SMILES string of the molecule is CCCC[c-]1ccc2ccccc21.F.F.F.[Zr]. The zero-order valence-corrected chi connectivity index (χ0v) is 12.3. The van der Waals surface area contributed by atoms with Crippen LogP contribution >= 0.6 is 0 Å². The summed E-state index contributed by atoms with van der Waals surface area (Å²) in [5, 5.41) is 2.82. The summed E-state index contributed by atoms with van der Waals surface area (Å²) in [5.74, 6) is 0. The second-order valence-electron chi connectivity index (χ2n) is 3.55. The third kappa shape index (κ3) is 5.12. The molecule has 2 aromatic carbocycles.